The summed E-state index contributed by atoms with van der Waals surface area (Å²) in [5.41, 5.74) is 5.73. The number of rotatable bonds is 9. The Labute approximate surface area is 225 Å². The number of hydrogen-bond donors (Lipinski definition) is 0. The van der Waals surface area contributed by atoms with E-state index >= 15 is 0 Å². The van der Waals surface area contributed by atoms with E-state index in [1.54, 1.807) is 18.2 Å². The molecule has 1 amide bonds. The Balaban J connectivity index is 1.42. The fraction of sp³-hybridized carbons (Fsp3) is 0.167. The molecule has 4 aromatic rings. The van der Waals surface area contributed by atoms with Crippen LogP contribution in [0.1, 0.15) is 38.2 Å². The second kappa shape index (κ2) is 12.2. The van der Waals surface area contributed by atoms with Crippen molar-refractivity contribution in [3.63, 3.8) is 0 Å². The van der Waals surface area contributed by atoms with Gasteiger partial charge in [0.1, 0.15) is 19.0 Å². The van der Waals surface area contributed by atoms with E-state index in [1.165, 1.54) is 10.6 Å². The van der Waals surface area contributed by atoms with Crippen LogP contribution in [-0.4, -0.2) is 11.0 Å². The molecule has 0 aliphatic rings. The first-order valence-electron chi connectivity index (χ1n) is 11.6. The Hall–Kier alpha value is -3.12. The smallest absolute Gasteiger partial charge is 0.277 e. The number of amides is 1. The molecule has 0 saturated carbocycles. The predicted octanol–water partition coefficient (Wildman–Crippen LogP) is 8.07. The number of benzene rings is 4. The maximum atomic E-state index is 13.3. The number of aryl methyl sites for hydroxylation is 2. The molecule has 0 heterocycles. The standard InChI is InChI=1S/C30H27BrClNO3/c1-21-3-5-24(6-4-21)19-35-28-14-9-25(10-15-28)20-36-33(18-23-7-12-27(32)13-8-23)30(34)26-11-16-29(31)22(2)17-26/h3-17H,18-20H2,1-2H3. The van der Waals surface area contributed by atoms with Crippen molar-refractivity contribution in [3.8, 4) is 5.75 Å². The Bertz CT molecular complexity index is 1310. The molecule has 36 heavy (non-hydrogen) atoms. The molecular weight excluding hydrogens is 538 g/mol. The quantitative estimate of drug-likeness (QED) is 0.193. The second-order valence-corrected chi connectivity index (χ2v) is 9.91. The van der Waals surface area contributed by atoms with Gasteiger partial charge in [-0.25, -0.2) is 5.06 Å². The van der Waals surface area contributed by atoms with Crippen LogP contribution in [0.25, 0.3) is 0 Å². The topological polar surface area (TPSA) is 38.8 Å². The van der Waals surface area contributed by atoms with E-state index in [-0.39, 0.29) is 12.5 Å². The van der Waals surface area contributed by atoms with E-state index in [2.05, 4.69) is 47.1 Å². The summed E-state index contributed by atoms with van der Waals surface area (Å²) in [6.07, 6.45) is 0. The summed E-state index contributed by atoms with van der Waals surface area (Å²) in [5, 5.41) is 2.04. The predicted molar refractivity (Wildman–Crippen MR) is 147 cm³/mol. The van der Waals surface area contributed by atoms with Crippen LogP contribution in [0.2, 0.25) is 5.02 Å². The summed E-state index contributed by atoms with van der Waals surface area (Å²) in [5.74, 6) is 0.567. The summed E-state index contributed by atoms with van der Waals surface area (Å²) in [4.78, 5) is 19.4. The van der Waals surface area contributed by atoms with E-state index in [4.69, 9.17) is 21.2 Å². The van der Waals surface area contributed by atoms with Crippen LogP contribution in [0, 0.1) is 13.8 Å². The van der Waals surface area contributed by atoms with Crippen LogP contribution < -0.4 is 4.74 Å². The summed E-state index contributed by atoms with van der Waals surface area (Å²) < 4.78 is 6.85. The maximum absolute atomic E-state index is 13.3. The normalized spacial score (nSPS) is 10.8. The lowest BCUT2D eigenvalue weighted by molar-refractivity contribution is -0.140. The maximum Gasteiger partial charge on any atom is 0.277 e. The van der Waals surface area contributed by atoms with Crippen molar-refractivity contribution in [3.05, 3.63) is 134 Å². The molecule has 0 aliphatic heterocycles. The number of carbonyl (C=O) groups is 1. The fourth-order valence-electron chi connectivity index (χ4n) is 3.54. The van der Waals surface area contributed by atoms with E-state index < -0.39 is 0 Å². The van der Waals surface area contributed by atoms with Gasteiger partial charge in [0.2, 0.25) is 0 Å². The molecule has 0 spiro atoms. The van der Waals surface area contributed by atoms with E-state index in [0.717, 1.165) is 32.5 Å². The summed E-state index contributed by atoms with van der Waals surface area (Å²) >= 11 is 9.52. The number of halogens is 2. The number of hydrogen-bond acceptors (Lipinski definition) is 3. The van der Waals surface area contributed by atoms with Crippen LogP contribution in [0.5, 0.6) is 5.75 Å². The molecule has 0 bridgehead atoms. The molecule has 6 heteroatoms. The lowest BCUT2D eigenvalue weighted by Crippen LogP contribution is -2.30. The Morgan fingerprint density at radius 3 is 2.08 bits per heavy atom. The molecule has 0 aliphatic carbocycles. The van der Waals surface area contributed by atoms with Crippen molar-refractivity contribution in [1.29, 1.82) is 0 Å². The molecule has 4 aromatic carbocycles. The van der Waals surface area contributed by atoms with Crippen LogP contribution >= 0.6 is 27.5 Å². The molecule has 0 N–H and O–H groups in total. The Morgan fingerprint density at radius 1 is 0.806 bits per heavy atom. The van der Waals surface area contributed by atoms with Gasteiger partial charge in [-0.05, 0) is 78.6 Å². The third-order valence-corrected chi connectivity index (χ3v) is 6.85. The highest BCUT2D eigenvalue weighted by molar-refractivity contribution is 9.10. The SMILES string of the molecule is Cc1ccc(COc2ccc(CON(Cc3ccc(Cl)cc3)C(=O)c3ccc(Br)c(C)c3)cc2)cc1. The molecule has 4 nitrogen and oxygen atoms in total. The highest BCUT2D eigenvalue weighted by Crippen LogP contribution is 2.21. The molecule has 4 rings (SSSR count). The van der Waals surface area contributed by atoms with Gasteiger partial charge in [0.15, 0.2) is 0 Å². The fourth-order valence-corrected chi connectivity index (χ4v) is 3.91. The number of nitrogens with zero attached hydrogens (tertiary/aromatic N) is 1. The lowest BCUT2D eigenvalue weighted by atomic mass is 10.1. The minimum Gasteiger partial charge on any atom is -0.489 e. The Morgan fingerprint density at radius 2 is 1.42 bits per heavy atom. The first-order valence-corrected chi connectivity index (χ1v) is 12.8. The highest BCUT2D eigenvalue weighted by Gasteiger charge is 2.18. The average Bonchev–Trinajstić information content (AvgIpc) is 2.89. The van der Waals surface area contributed by atoms with Gasteiger partial charge in [-0.1, -0.05) is 81.6 Å². The number of hydroxylamine groups is 2. The van der Waals surface area contributed by atoms with Gasteiger partial charge in [-0.15, -0.1) is 0 Å². The average molecular weight is 565 g/mol. The van der Waals surface area contributed by atoms with Gasteiger partial charge in [0.05, 0.1) is 6.54 Å². The first-order chi connectivity index (χ1) is 17.4. The van der Waals surface area contributed by atoms with Crippen LogP contribution in [0.4, 0.5) is 0 Å². The molecule has 184 valence electrons. The highest BCUT2D eigenvalue weighted by atomic mass is 79.9. The van der Waals surface area contributed by atoms with Crippen molar-refractivity contribution in [2.24, 2.45) is 0 Å². The summed E-state index contributed by atoms with van der Waals surface area (Å²) in [6, 6.07) is 28.9. The van der Waals surface area contributed by atoms with E-state index in [0.29, 0.717) is 23.7 Å². The molecule has 0 saturated heterocycles. The summed E-state index contributed by atoms with van der Waals surface area (Å²) in [6.45, 7) is 5.06. The number of ether oxygens (including phenoxy) is 1. The molecule has 0 aromatic heterocycles. The van der Waals surface area contributed by atoms with Crippen molar-refractivity contribution in [2.75, 3.05) is 0 Å². The van der Waals surface area contributed by atoms with Crippen LogP contribution in [0.3, 0.4) is 0 Å². The minimum absolute atomic E-state index is 0.210. The van der Waals surface area contributed by atoms with Crippen molar-refractivity contribution >= 4 is 33.4 Å². The van der Waals surface area contributed by atoms with Crippen molar-refractivity contribution in [2.45, 2.75) is 33.6 Å². The van der Waals surface area contributed by atoms with Gasteiger partial charge in [-0.3, -0.25) is 9.63 Å². The molecule has 0 unspecified atom stereocenters. The monoisotopic (exact) mass is 563 g/mol. The van der Waals surface area contributed by atoms with Gasteiger partial charge in [0, 0.05) is 15.1 Å². The molecule has 0 atom stereocenters. The zero-order chi connectivity index (χ0) is 25.5. The van der Waals surface area contributed by atoms with E-state index in [9.17, 15) is 4.79 Å². The summed E-state index contributed by atoms with van der Waals surface area (Å²) in [7, 11) is 0. The lowest BCUT2D eigenvalue weighted by Gasteiger charge is -2.23. The third kappa shape index (κ3) is 7.20. The molecule has 0 radical (unpaired) electrons. The van der Waals surface area contributed by atoms with Gasteiger partial charge < -0.3 is 4.74 Å². The van der Waals surface area contributed by atoms with Crippen molar-refractivity contribution < 1.29 is 14.4 Å². The van der Waals surface area contributed by atoms with E-state index in [1.807, 2.05) is 55.5 Å². The van der Waals surface area contributed by atoms with Crippen molar-refractivity contribution in [1.82, 2.24) is 5.06 Å². The van der Waals surface area contributed by atoms with Gasteiger partial charge in [0.25, 0.3) is 5.91 Å². The van der Waals surface area contributed by atoms with Crippen LogP contribution in [-0.2, 0) is 24.6 Å². The first kappa shape index (κ1) is 26.0. The second-order valence-electron chi connectivity index (χ2n) is 8.62. The third-order valence-electron chi connectivity index (χ3n) is 5.71. The number of carbonyl (C=O) groups excluding carboxylic acids is 1. The molecule has 0 fully saturated rings. The minimum atomic E-state index is -0.210. The largest absolute Gasteiger partial charge is 0.489 e. The zero-order valence-electron chi connectivity index (χ0n) is 20.2. The van der Waals surface area contributed by atoms with Gasteiger partial charge >= 0.3 is 0 Å². The van der Waals surface area contributed by atoms with Crippen LogP contribution in [0.15, 0.2) is 95.5 Å². The Kier molecular flexibility index (Phi) is 8.81. The zero-order valence-corrected chi connectivity index (χ0v) is 22.6. The van der Waals surface area contributed by atoms with Gasteiger partial charge in [-0.2, -0.15) is 0 Å². The molecular formula is C30H27BrClNO3.